The maximum absolute atomic E-state index is 14.7. The highest BCUT2D eigenvalue weighted by Crippen LogP contribution is 2.30. The number of anilines is 1. The second-order valence-electron chi connectivity index (χ2n) is 6.88. The third-order valence-electron chi connectivity index (χ3n) is 4.75. The topological polar surface area (TPSA) is 101 Å². The monoisotopic (exact) mass is 416 g/mol. The number of aliphatic imine (C=N–C) groups is 1. The summed E-state index contributed by atoms with van der Waals surface area (Å²) in [5.41, 5.74) is 14.2. The van der Waals surface area contributed by atoms with Crippen molar-refractivity contribution in [3.05, 3.63) is 96.1 Å². The summed E-state index contributed by atoms with van der Waals surface area (Å²) in [4.78, 5) is 8.23. The van der Waals surface area contributed by atoms with Gasteiger partial charge in [0.2, 0.25) is 5.96 Å². The van der Waals surface area contributed by atoms with E-state index in [4.69, 9.17) is 10.3 Å². The third-order valence-corrected chi connectivity index (χ3v) is 4.75. The van der Waals surface area contributed by atoms with E-state index in [1.165, 1.54) is 6.07 Å². The van der Waals surface area contributed by atoms with Gasteiger partial charge < -0.3 is 10.3 Å². The minimum Gasteiger partial charge on any atom is -0.368 e. The van der Waals surface area contributed by atoms with Crippen LogP contribution in [0.1, 0.15) is 24.1 Å². The van der Waals surface area contributed by atoms with Crippen LogP contribution in [-0.4, -0.2) is 16.1 Å². The van der Waals surface area contributed by atoms with Gasteiger partial charge in [-0.25, -0.2) is 9.37 Å². The molecule has 4 N–H and O–H groups in total. The number of nitrogens with one attached hydrogen (secondary N) is 2. The van der Waals surface area contributed by atoms with Gasteiger partial charge >= 0.3 is 0 Å². The molecular formula is C23H21FN6O. The fourth-order valence-corrected chi connectivity index (χ4v) is 3.07. The van der Waals surface area contributed by atoms with E-state index >= 15 is 0 Å². The Hall–Kier alpha value is -4.20. The molecule has 2 aromatic heterocycles. The van der Waals surface area contributed by atoms with E-state index in [1.807, 2.05) is 49.4 Å². The van der Waals surface area contributed by atoms with E-state index in [1.54, 1.807) is 30.5 Å². The molecule has 0 bridgehead atoms. The summed E-state index contributed by atoms with van der Waals surface area (Å²) in [5.74, 6) is 0.433. The first-order valence-corrected chi connectivity index (χ1v) is 9.69. The van der Waals surface area contributed by atoms with Crippen LogP contribution in [0.5, 0.6) is 0 Å². The average Bonchev–Trinajstić information content (AvgIpc) is 3.27. The second-order valence-corrected chi connectivity index (χ2v) is 6.88. The molecule has 8 heteroatoms. The molecular weight excluding hydrogens is 395 g/mol. The highest BCUT2D eigenvalue weighted by Gasteiger charge is 2.16. The number of benzene rings is 2. The fraction of sp³-hybridized carbons (Fsp3) is 0.0870. The molecule has 4 rings (SSSR count). The lowest BCUT2D eigenvalue weighted by Gasteiger charge is -2.11. The van der Waals surface area contributed by atoms with Gasteiger partial charge in [0.1, 0.15) is 11.6 Å². The Labute approximate surface area is 178 Å². The molecule has 0 aliphatic rings. The molecule has 0 amide bonds. The number of guanidine groups is 1. The second kappa shape index (κ2) is 9.08. The Morgan fingerprint density at radius 3 is 2.61 bits per heavy atom. The Bertz CT molecular complexity index is 1180. The lowest BCUT2D eigenvalue weighted by Crippen LogP contribution is -2.36. The van der Waals surface area contributed by atoms with E-state index in [0.717, 1.165) is 11.1 Å². The summed E-state index contributed by atoms with van der Waals surface area (Å²) < 4.78 is 20.0. The summed E-state index contributed by atoms with van der Waals surface area (Å²) >= 11 is 0. The highest BCUT2D eigenvalue weighted by atomic mass is 19.1. The van der Waals surface area contributed by atoms with Crippen LogP contribution >= 0.6 is 0 Å². The number of nitrogens with two attached hydrogens (primary N) is 1. The van der Waals surface area contributed by atoms with Crippen LogP contribution in [0.25, 0.3) is 11.1 Å². The minimum absolute atomic E-state index is 0.0827. The van der Waals surface area contributed by atoms with Crippen molar-refractivity contribution in [3.8, 4) is 11.1 Å². The van der Waals surface area contributed by atoms with Gasteiger partial charge in [-0.3, -0.25) is 10.9 Å². The SMILES string of the molecule is CC(c1ccc(-c2ccccc2)c(F)c1)c1cc(/N=C(\N)NNc2ccccn2)on1. The Morgan fingerprint density at radius 1 is 1.06 bits per heavy atom. The standard InChI is InChI=1S/C23H21FN6O/c1-15(17-10-11-18(19(24)13-17)16-7-3-2-4-8-16)20-14-22(31-30-20)27-23(25)29-28-21-9-5-6-12-26-21/h2-15H,1H3,(H,26,28)(H3,25,27,29). The third kappa shape index (κ3) is 4.87. The van der Waals surface area contributed by atoms with Crippen molar-refractivity contribution in [2.75, 3.05) is 5.43 Å². The smallest absolute Gasteiger partial charge is 0.253 e. The highest BCUT2D eigenvalue weighted by molar-refractivity contribution is 5.81. The number of halogens is 1. The number of aromatic nitrogens is 2. The molecule has 4 aromatic rings. The van der Waals surface area contributed by atoms with E-state index < -0.39 is 0 Å². The fourth-order valence-electron chi connectivity index (χ4n) is 3.07. The minimum atomic E-state index is -0.286. The number of pyridine rings is 1. The average molecular weight is 416 g/mol. The van der Waals surface area contributed by atoms with Crippen LogP contribution in [0, 0.1) is 5.82 Å². The van der Waals surface area contributed by atoms with E-state index in [9.17, 15) is 4.39 Å². The summed E-state index contributed by atoms with van der Waals surface area (Å²) in [6.07, 6.45) is 1.65. The first kappa shape index (κ1) is 20.1. The van der Waals surface area contributed by atoms with Crippen LogP contribution in [0.15, 0.2) is 88.5 Å². The number of rotatable bonds is 6. The predicted molar refractivity (Wildman–Crippen MR) is 118 cm³/mol. The molecule has 156 valence electrons. The molecule has 7 nitrogen and oxygen atoms in total. The zero-order chi connectivity index (χ0) is 21.6. The first-order valence-electron chi connectivity index (χ1n) is 9.69. The van der Waals surface area contributed by atoms with Crippen LogP contribution < -0.4 is 16.6 Å². The molecule has 0 saturated carbocycles. The maximum atomic E-state index is 14.7. The molecule has 2 heterocycles. The maximum Gasteiger partial charge on any atom is 0.253 e. The van der Waals surface area contributed by atoms with Crippen molar-refractivity contribution in [1.29, 1.82) is 0 Å². The Morgan fingerprint density at radius 2 is 1.87 bits per heavy atom. The van der Waals surface area contributed by atoms with Crippen LogP contribution in [0.2, 0.25) is 0 Å². The van der Waals surface area contributed by atoms with Gasteiger partial charge in [-0.05, 0) is 29.3 Å². The van der Waals surface area contributed by atoms with E-state index in [-0.39, 0.29) is 23.6 Å². The summed E-state index contributed by atoms with van der Waals surface area (Å²) in [6, 6.07) is 21.7. The van der Waals surface area contributed by atoms with Gasteiger partial charge in [0.15, 0.2) is 0 Å². The largest absolute Gasteiger partial charge is 0.368 e. The van der Waals surface area contributed by atoms with Crippen molar-refractivity contribution < 1.29 is 8.91 Å². The lowest BCUT2D eigenvalue weighted by atomic mass is 9.95. The zero-order valence-electron chi connectivity index (χ0n) is 16.8. The van der Waals surface area contributed by atoms with E-state index in [0.29, 0.717) is 17.1 Å². The first-order chi connectivity index (χ1) is 15.1. The number of hydrogen-bond donors (Lipinski definition) is 3. The Balaban J connectivity index is 1.45. The summed E-state index contributed by atoms with van der Waals surface area (Å²) in [7, 11) is 0. The van der Waals surface area contributed by atoms with Gasteiger partial charge in [0.25, 0.3) is 5.88 Å². The zero-order valence-corrected chi connectivity index (χ0v) is 16.8. The molecule has 1 atom stereocenters. The molecule has 0 aliphatic carbocycles. The van der Waals surface area contributed by atoms with Crippen molar-refractivity contribution >= 4 is 17.7 Å². The Kier molecular flexibility index (Phi) is 5.89. The van der Waals surface area contributed by atoms with Crippen LogP contribution in [0.4, 0.5) is 16.1 Å². The number of hydrogen-bond acceptors (Lipinski definition) is 5. The van der Waals surface area contributed by atoms with Crippen molar-refractivity contribution in [2.45, 2.75) is 12.8 Å². The normalized spacial score (nSPS) is 12.4. The summed E-state index contributed by atoms with van der Waals surface area (Å²) in [6.45, 7) is 1.92. The van der Waals surface area contributed by atoms with Crippen molar-refractivity contribution in [2.24, 2.45) is 10.7 Å². The summed E-state index contributed by atoms with van der Waals surface area (Å²) in [5, 5.41) is 4.05. The molecule has 1 unspecified atom stereocenters. The predicted octanol–water partition coefficient (Wildman–Crippen LogP) is 4.59. The van der Waals surface area contributed by atoms with E-state index in [2.05, 4.69) is 26.0 Å². The van der Waals surface area contributed by atoms with Gasteiger partial charge in [-0.1, -0.05) is 60.6 Å². The van der Waals surface area contributed by atoms with Crippen LogP contribution in [0.3, 0.4) is 0 Å². The van der Waals surface area contributed by atoms with Crippen LogP contribution in [-0.2, 0) is 0 Å². The van der Waals surface area contributed by atoms with Crippen molar-refractivity contribution in [1.82, 2.24) is 15.6 Å². The van der Waals surface area contributed by atoms with Gasteiger partial charge in [-0.2, -0.15) is 4.99 Å². The molecule has 0 radical (unpaired) electrons. The number of hydrazine groups is 1. The molecule has 0 saturated heterocycles. The quantitative estimate of drug-likeness (QED) is 0.241. The van der Waals surface area contributed by atoms with Gasteiger partial charge in [-0.15, -0.1) is 0 Å². The van der Waals surface area contributed by atoms with Gasteiger partial charge in [0, 0.05) is 23.7 Å². The lowest BCUT2D eigenvalue weighted by molar-refractivity contribution is 0.419. The number of nitrogens with zero attached hydrogens (tertiary/aromatic N) is 3. The molecule has 0 fully saturated rings. The molecule has 31 heavy (non-hydrogen) atoms. The molecule has 0 aliphatic heterocycles. The van der Waals surface area contributed by atoms with Gasteiger partial charge in [0.05, 0.1) is 5.69 Å². The molecule has 2 aromatic carbocycles. The van der Waals surface area contributed by atoms with Crippen molar-refractivity contribution in [3.63, 3.8) is 0 Å². The molecule has 0 spiro atoms.